The van der Waals surface area contributed by atoms with Crippen molar-refractivity contribution in [3.8, 4) is 5.75 Å². The molecule has 0 radical (unpaired) electrons. The SMILES string of the molecule is NC(=O)c1c(F)cccc1C[C@@H]1COc2ccccc2C1. The normalized spacial score (nSPS) is 16.9. The van der Waals surface area contributed by atoms with E-state index in [4.69, 9.17) is 10.5 Å². The zero-order valence-corrected chi connectivity index (χ0v) is 11.5. The van der Waals surface area contributed by atoms with Crippen LogP contribution in [-0.2, 0) is 12.8 Å². The molecule has 108 valence electrons. The predicted octanol–water partition coefficient (Wildman–Crippen LogP) is 2.72. The Bertz CT molecular complexity index is 684. The number of benzene rings is 2. The van der Waals surface area contributed by atoms with Gasteiger partial charge in [0.05, 0.1) is 12.2 Å². The summed E-state index contributed by atoms with van der Waals surface area (Å²) < 4.78 is 19.5. The third kappa shape index (κ3) is 2.75. The van der Waals surface area contributed by atoms with Crippen LogP contribution in [-0.4, -0.2) is 12.5 Å². The highest BCUT2D eigenvalue weighted by atomic mass is 19.1. The number of carbonyl (C=O) groups excluding carboxylic acids is 1. The molecule has 1 aliphatic rings. The molecule has 0 fully saturated rings. The zero-order chi connectivity index (χ0) is 14.8. The van der Waals surface area contributed by atoms with Gasteiger partial charge in [0.25, 0.3) is 5.91 Å². The molecule has 0 bridgehead atoms. The summed E-state index contributed by atoms with van der Waals surface area (Å²) in [6.45, 7) is 0.561. The molecule has 3 rings (SSSR count). The first-order chi connectivity index (χ1) is 10.1. The van der Waals surface area contributed by atoms with Gasteiger partial charge in [-0.2, -0.15) is 0 Å². The molecule has 4 heteroatoms. The van der Waals surface area contributed by atoms with Gasteiger partial charge in [0.1, 0.15) is 11.6 Å². The van der Waals surface area contributed by atoms with Crippen LogP contribution in [0.4, 0.5) is 4.39 Å². The van der Waals surface area contributed by atoms with Gasteiger partial charge in [0, 0.05) is 5.92 Å². The Balaban J connectivity index is 1.83. The lowest BCUT2D eigenvalue weighted by molar-refractivity contribution is 0.0995. The molecule has 3 nitrogen and oxygen atoms in total. The summed E-state index contributed by atoms with van der Waals surface area (Å²) in [7, 11) is 0. The standard InChI is InChI=1S/C17H16FNO2/c18-14-6-3-5-13(16(14)17(19)20)9-11-8-12-4-1-2-7-15(12)21-10-11/h1-7,11H,8-10H2,(H2,19,20)/t11-/m1/s1. The minimum absolute atomic E-state index is 0.00337. The molecule has 0 aromatic heterocycles. The number of halogens is 1. The van der Waals surface area contributed by atoms with Gasteiger partial charge in [-0.15, -0.1) is 0 Å². The molecule has 2 aromatic carbocycles. The molecule has 2 N–H and O–H groups in total. The third-order valence-corrected chi connectivity index (χ3v) is 3.81. The number of nitrogens with two attached hydrogens (primary N) is 1. The molecule has 0 aliphatic carbocycles. The number of carbonyl (C=O) groups is 1. The van der Waals surface area contributed by atoms with Gasteiger partial charge in [-0.1, -0.05) is 30.3 Å². The van der Waals surface area contributed by atoms with Crippen molar-refractivity contribution < 1.29 is 13.9 Å². The van der Waals surface area contributed by atoms with Crippen molar-refractivity contribution in [3.63, 3.8) is 0 Å². The van der Waals surface area contributed by atoms with Crippen molar-refractivity contribution in [2.75, 3.05) is 6.61 Å². The lowest BCUT2D eigenvalue weighted by Crippen LogP contribution is -2.24. The van der Waals surface area contributed by atoms with Crippen molar-refractivity contribution in [1.82, 2.24) is 0 Å². The fourth-order valence-corrected chi connectivity index (χ4v) is 2.85. The maximum absolute atomic E-state index is 13.8. The topological polar surface area (TPSA) is 52.3 Å². The van der Waals surface area contributed by atoms with E-state index in [9.17, 15) is 9.18 Å². The minimum atomic E-state index is -0.722. The van der Waals surface area contributed by atoms with E-state index in [2.05, 4.69) is 0 Å². The number of hydrogen-bond acceptors (Lipinski definition) is 2. The average molecular weight is 285 g/mol. The summed E-state index contributed by atoms with van der Waals surface area (Å²) >= 11 is 0. The molecule has 1 amide bonds. The summed E-state index contributed by atoms with van der Waals surface area (Å²) in [5.41, 5.74) is 7.08. The van der Waals surface area contributed by atoms with E-state index in [1.165, 1.54) is 6.07 Å². The van der Waals surface area contributed by atoms with E-state index in [0.717, 1.165) is 17.7 Å². The summed E-state index contributed by atoms with van der Waals surface area (Å²) in [5, 5.41) is 0. The summed E-state index contributed by atoms with van der Waals surface area (Å²) in [4.78, 5) is 11.4. The van der Waals surface area contributed by atoms with Crippen molar-refractivity contribution >= 4 is 5.91 Å². The largest absolute Gasteiger partial charge is 0.493 e. The number of para-hydroxylation sites is 1. The number of hydrogen-bond donors (Lipinski definition) is 1. The molecular weight excluding hydrogens is 269 g/mol. The van der Waals surface area contributed by atoms with Crippen LogP contribution in [0.2, 0.25) is 0 Å². The molecule has 2 aromatic rings. The fourth-order valence-electron chi connectivity index (χ4n) is 2.85. The van der Waals surface area contributed by atoms with Gasteiger partial charge in [-0.25, -0.2) is 4.39 Å². The van der Waals surface area contributed by atoms with Gasteiger partial charge in [0.2, 0.25) is 0 Å². The number of primary amides is 1. The first kappa shape index (κ1) is 13.6. The van der Waals surface area contributed by atoms with Gasteiger partial charge in [-0.05, 0) is 36.1 Å². The molecular formula is C17H16FNO2. The highest BCUT2D eigenvalue weighted by molar-refractivity contribution is 5.94. The lowest BCUT2D eigenvalue weighted by atomic mass is 9.89. The quantitative estimate of drug-likeness (QED) is 0.942. The van der Waals surface area contributed by atoms with Crippen LogP contribution in [0.3, 0.4) is 0 Å². The van der Waals surface area contributed by atoms with Crippen LogP contribution >= 0.6 is 0 Å². The van der Waals surface area contributed by atoms with Crippen LogP contribution in [0.1, 0.15) is 21.5 Å². The maximum Gasteiger partial charge on any atom is 0.251 e. The number of fused-ring (bicyclic) bond motifs is 1. The van der Waals surface area contributed by atoms with Crippen molar-refractivity contribution in [2.24, 2.45) is 11.7 Å². The second kappa shape index (κ2) is 5.56. The Morgan fingerprint density at radius 3 is 2.86 bits per heavy atom. The Morgan fingerprint density at radius 2 is 2.05 bits per heavy atom. The van der Waals surface area contributed by atoms with Crippen molar-refractivity contribution in [2.45, 2.75) is 12.8 Å². The molecule has 1 aliphatic heterocycles. The minimum Gasteiger partial charge on any atom is -0.493 e. The van der Waals surface area contributed by atoms with Crippen molar-refractivity contribution in [1.29, 1.82) is 0 Å². The predicted molar refractivity (Wildman–Crippen MR) is 77.8 cm³/mol. The van der Waals surface area contributed by atoms with Crippen LogP contribution in [0, 0.1) is 11.7 Å². The molecule has 0 unspecified atom stereocenters. The van der Waals surface area contributed by atoms with Crippen LogP contribution in [0.25, 0.3) is 0 Å². The van der Waals surface area contributed by atoms with E-state index >= 15 is 0 Å². The maximum atomic E-state index is 13.8. The monoisotopic (exact) mass is 285 g/mol. The third-order valence-electron chi connectivity index (χ3n) is 3.81. The second-order valence-electron chi connectivity index (χ2n) is 5.33. The summed E-state index contributed by atoms with van der Waals surface area (Å²) in [5.74, 6) is -0.166. The Labute approximate surface area is 122 Å². The van der Waals surface area contributed by atoms with E-state index in [-0.39, 0.29) is 11.5 Å². The molecule has 1 atom stereocenters. The van der Waals surface area contributed by atoms with E-state index in [1.807, 2.05) is 24.3 Å². The number of ether oxygens (including phenoxy) is 1. The molecule has 0 saturated heterocycles. The van der Waals surface area contributed by atoms with E-state index < -0.39 is 11.7 Å². The molecule has 0 saturated carbocycles. The lowest BCUT2D eigenvalue weighted by Gasteiger charge is -2.25. The van der Waals surface area contributed by atoms with Gasteiger partial charge in [-0.3, -0.25) is 4.79 Å². The van der Waals surface area contributed by atoms with Gasteiger partial charge >= 0.3 is 0 Å². The first-order valence-electron chi connectivity index (χ1n) is 6.93. The van der Waals surface area contributed by atoms with Crippen LogP contribution < -0.4 is 10.5 Å². The Kier molecular flexibility index (Phi) is 3.60. The summed E-state index contributed by atoms with van der Waals surface area (Å²) in [6, 6.07) is 12.5. The fraction of sp³-hybridized carbons (Fsp3) is 0.235. The Hall–Kier alpha value is -2.36. The van der Waals surface area contributed by atoms with Crippen molar-refractivity contribution in [3.05, 3.63) is 65.0 Å². The zero-order valence-electron chi connectivity index (χ0n) is 11.5. The molecule has 21 heavy (non-hydrogen) atoms. The van der Waals surface area contributed by atoms with Gasteiger partial charge in [0.15, 0.2) is 0 Å². The second-order valence-corrected chi connectivity index (χ2v) is 5.33. The van der Waals surface area contributed by atoms with E-state index in [0.29, 0.717) is 18.6 Å². The average Bonchev–Trinajstić information content (AvgIpc) is 2.47. The van der Waals surface area contributed by atoms with Gasteiger partial charge < -0.3 is 10.5 Å². The highest BCUT2D eigenvalue weighted by Crippen LogP contribution is 2.29. The number of amides is 1. The van der Waals surface area contributed by atoms with Crippen LogP contribution in [0.15, 0.2) is 42.5 Å². The van der Waals surface area contributed by atoms with Crippen LogP contribution in [0.5, 0.6) is 5.75 Å². The Morgan fingerprint density at radius 1 is 1.24 bits per heavy atom. The highest BCUT2D eigenvalue weighted by Gasteiger charge is 2.22. The summed E-state index contributed by atoms with van der Waals surface area (Å²) in [6.07, 6.45) is 1.43. The smallest absolute Gasteiger partial charge is 0.251 e. The first-order valence-corrected chi connectivity index (χ1v) is 6.93. The molecule has 0 spiro atoms. The molecule has 1 heterocycles. The number of rotatable bonds is 3. The van der Waals surface area contributed by atoms with E-state index in [1.54, 1.807) is 12.1 Å².